The maximum atomic E-state index is 5.88. The fourth-order valence-corrected chi connectivity index (χ4v) is 1.26. The molecule has 0 heterocycles. The molecule has 0 spiro atoms. The fraction of sp³-hybridized carbons (Fsp3) is 0.538. The summed E-state index contributed by atoms with van der Waals surface area (Å²) in [5.74, 6) is 0. The van der Waals surface area contributed by atoms with Crippen molar-refractivity contribution in [1.29, 1.82) is 0 Å². The molecule has 3 N–H and O–H groups in total. The van der Waals surface area contributed by atoms with E-state index >= 15 is 0 Å². The van der Waals surface area contributed by atoms with Crippen LogP contribution in [0.4, 0.5) is 5.69 Å². The van der Waals surface area contributed by atoms with Crippen LogP contribution in [0.3, 0.4) is 0 Å². The van der Waals surface area contributed by atoms with E-state index in [1.54, 1.807) is 0 Å². The smallest absolute Gasteiger partial charge is 0.0359 e. The van der Waals surface area contributed by atoms with Crippen molar-refractivity contribution < 1.29 is 0 Å². The van der Waals surface area contributed by atoms with Gasteiger partial charge in [-0.1, -0.05) is 39.0 Å². The second kappa shape index (κ2) is 4.67. The molecule has 84 valence electrons. The standard InChI is InChI=1S/C13H22N2/c1-10(13(2,3)4)15-9-11-7-5-6-8-12(11)14/h5-8,10,15H,9,14H2,1-4H3. The molecule has 1 atom stereocenters. The second-order valence-electron chi connectivity index (χ2n) is 5.17. The summed E-state index contributed by atoms with van der Waals surface area (Å²) in [5, 5.41) is 3.50. The average Bonchev–Trinajstić information content (AvgIpc) is 2.14. The second-order valence-corrected chi connectivity index (χ2v) is 5.17. The number of hydrogen-bond acceptors (Lipinski definition) is 2. The summed E-state index contributed by atoms with van der Waals surface area (Å²) in [6.45, 7) is 9.75. The summed E-state index contributed by atoms with van der Waals surface area (Å²) in [7, 11) is 0. The average molecular weight is 206 g/mol. The van der Waals surface area contributed by atoms with Gasteiger partial charge in [0.15, 0.2) is 0 Å². The van der Waals surface area contributed by atoms with E-state index in [1.165, 1.54) is 5.56 Å². The zero-order chi connectivity index (χ0) is 11.5. The van der Waals surface area contributed by atoms with Gasteiger partial charge < -0.3 is 11.1 Å². The summed E-state index contributed by atoms with van der Waals surface area (Å²) in [6.07, 6.45) is 0. The van der Waals surface area contributed by atoms with Crippen LogP contribution in [-0.4, -0.2) is 6.04 Å². The van der Waals surface area contributed by atoms with Gasteiger partial charge in [-0.25, -0.2) is 0 Å². The highest BCUT2D eigenvalue weighted by atomic mass is 14.9. The van der Waals surface area contributed by atoms with Crippen molar-refractivity contribution in [2.75, 3.05) is 5.73 Å². The summed E-state index contributed by atoms with van der Waals surface area (Å²) >= 11 is 0. The maximum absolute atomic E-state index is 5.88. The Balaban J connectivity index is 2.55. The van der Waals surface area contributed by atoms with E-state index < -0.39 is 0 Å². The van der Waals surface area contributed by atoms with Gasteiger partial charge in [0.1, 0.15) is 0 Å². The largest absolute Gasteiger partial charge is 0.398 e. The summed E-state index contributed by atoms with van der Waals surface area (Å²) in [4.78, 5) is 0. The van der Waals surface area contributed by atoms with Gasteiger partial charge in [0, 0.05) is 18.3 Å². The highest BCUT2D eigenvalue weighted by Gasteiger charge is 2.19. The van der Waals surface area contributed by atoms with Crippen LogP contribution >= 0.6 is 0 Å². The van der Waals surface area contributed by atoms with E-state index in [0.29, 0.717) is 6.04 Å². The van der Waals surface area contributed by atoms with Crippen LogP contribution in [0.15, 0.2) is 24.3 Å². The minimum Gasteiger partial charge on any atom is -0.398 e. The SMILES string of the molecule is CC(NCc1ccccc1N)C(C)(C)C. The molecule has 2 nitrogen and oxygen atoms in total. The number of nitrogens with one attached hydrogen (secondary N) is 1. The van der Waals surface area contributed by atoms with Crippen LogP contribution in [-0.2, 0) is 6.54 Å². The summed E-state index contributed by atoms with van der Waals surface area (Å²) in [5.41, 5.74) is 8.20. The van der Waals surface area contributed by atoms with Crippen LogP contribution in [0.1, 0.15) is 33.3 Å². The zero-order valence-corrected chi connectivity index (χ0v) is 10.2. The fourth-order valence-electron chi connectivity index (χ4n) is 1.26. The van der Waals surface area contributed by atoms with Crippen LogP contribution < -0.4 is 11.1 Å². The molecule has 0 aliphatic carbocycles. The third kappa shape index (κ3) is 3.56. The summed E-state index contributed by atoms with van der Waals surface area (Å²) in [6, 6.07) is 8.47. The molecule has 1 aromatic rings. The molecule has 0 fully saturated rings. The first-order valence-electron chi connectivity index (χ1n) is 5.48. The Labute approximate surface area is 92.9 Å². The molecule has 0 aliphatic rings. The van der Waals surface area contributed by atoms with Gasteiger partial charge in [-0.15, -0.1) is 0 Å². The lowest BCUT2D eigenvalue weighted by Crippen LogP contribution is -2.37. The first-order chi connectivity index (χ1) is 6.91. The van der Waals surface area contributed by atoms with Gasteiger partial charge in [-0.2, -0.15) is 0 Å². The Kier molecular flexibility index (Phi) is 3.75. The first kappa shape index (κ1) is 12.1. The van der Waals surface area contributed by atoms with Crippen molar-refractivity contribution in [1.82, 2.24) is 5.32 Å². The third-order valence-corrected chi connectivity index (χ3v) is 2.95. The van der Waals surface area contributed by atoms with E-state index in [0.717, 1.165) is 12.2 Å². The highest BCUT2D eigenvalue weighted by Crippen LogP contribution is 2.19. The van der Waals surface area contributed by atoms with Crippen LogP contribution in [0.2, 0.25) is 0 Å². The molecule has 0 amide bonds. The Bertz CT molecular complexity index is 313. The van der Waals surface area contributed by atoms with Gasteiger partial charge in [-0.05, 0) is 24.0 Å². The van der Waals surface area contributed by atoms with Gasteiger partial charge in [0.2, 0.25) is 0 Å². The van der Waals surface area contributed by atoms with Crippen LogP contribution in [0, 0.1) is 5.41 Å². The molecular formula is C13H22N2. The third-order valence-electron chi connectivity index (χ3n) is 2.95. The molecule has 1 aromatic carbocycles. The lowest BCUT2D eigenvalue weighted by Gasteiger charge is -2.28. The van der Waals surface area contributed by atoms with Crippen molar-refractivity contribution in [3.05, 3.63) is 29.8 Å². The Hall–Kier alpha value is -1.02. The zero-order valence-electron chi connectivity index (χ0n) is 10.2. The number of nitrogen functional groups attached to an aromatic ring is 1. The van der Waals surface area contributed by atoms with E-state index in [-0.39, 0.29) is 5.41 Å². The van der Waals surface area contributed by atoms with Gasteiger partial charge in [0.05, 0.1) is 0 Å². The van der Waals surface area contributed by atoms with Crippen LogP contribution in [0.5, 0.6) is 0 Å². The number of nitrogens with two attached hydrogens (primary N) is 1. The van der Waals surface area contributed by atoms with Crippen molar-refractivity contribution in [2.24, 2.45) is 5.41 Å². The van der Waals surface area contributed by atoms with E-state index in [9.17, 15) is 0 Å². The van der Waals surface area contributed by atoms with E-state index in [1.807, 2.05) is 18.2 Å². The predicted octanol–water partition coefficient (Wildman–Crippen LogP) is 2.79. The molecule has 15 heavy (non-hydrogen) atoms. The number of hydrogen-bond donors (Lipinski definition) is 2. The molecule has 2 heteroatoms. The molecule has 0 aliphatic heterocycles. The maximum Gasteiger partial charge on any atom is 0.0359 e. The van der Waals surface area contributed by atoms with E-state index in [4.69, 9.17) is 5.73 Å². The van der Waals surface area contributed by atoms with Gasteiger partial charge in [-0.3, -0.25) is 0 Å². The number of benzene rings is 1. The number of anilines is 1. The van der Waals surface area contributed by atoms with Gasteiger partial charge >= 0.3 is 0 Å². The first-order valence-corrected chi connectivity index (χ1v) is 5.48. The molecule has 1 rings (SSSR count). The lowest BCUT2D eigenvalue weighted by atomic mass is 9.88. The minimum atomic E-state index is 0.281. The molecule has 0 bridgehead atoms. The normalized spacial score (nSPS) is 13.9. The molecule has 0 aromatic heterocycles. The number of rotatable bonds is 3. The van der Waals surface area contributed by atoms with Gasteiger partial charge in [0.25, 0.3) is 0 Å². The Morgan fingerprint density at radius 3 is 2.40 bits per heavy atom. The van der Waals surface area contributed by atoms with E-state index in [2.05, 4.69) is 39.1 Å². The minimum absolute atomic E-state index is 0.281. The topological polar surface area (TPSA) is 38.0 Å². The van der Waals surface area contributed by atoms with Crippen molar-refractivity contribution >= 4 is 5.69 Å². The molecule has 0 radical (unpaired) electrons. The Morgan fingerprint density at radius 1 is 1.27 bits per heavy atom. The number of para-hydroxylation sites is 1. The molecule has 0 saturated heterocycles. The molecule has 0 saturated carbocycles. The summed E-state index contributed by atoms with van der Waals surface area (Å²) < 4.78 is 0. The lowest BCUT2D eigenvalue weighted by molar-refractivity contribution is 0.285. The van der Waals surface area contributed by atoms with Crippen molar-refractivity contribution in [2.45, 2.75) is 40.3 Å². The molecular weight excluding hydrogens is 184 g/mol. The molecule has 1 unspecified atom stereocenters. The quantitative estimate of drug-likeness (QED) is 0.746. The van der Waals surface area contributed by atoms with Crippen molar-refractivity contribution in [3.63, 3.8) is 0 Å². The highest BCUT2D eigenvalue weighted by molar-refractivity contribution is 5.46. The van der Waals surface area contributed by atoms with Crippen molar-refractivity contribution in [3.8, 4) is 0 Å². The van der Waals surface area contributed by atoms with Crippen LogP contribution in [0.25, 0.3) is 0 Å². The Morgan fingerprint density at radius 2 is 1.87 bits per heavy atom. The predicted molar refractivity (Wildman–Crippen MR) is 66.6 cm³/mol. The monoisotopic (exact) mass is 206 g/mol.